The molecule has 0 unspecified atom stereocenters. The van der Waals surface area contributed by atoms with Crippen molar-refractivity contribution in [3.8, 4) is 0 Å². The van der Waals surface area contributed by atoms with Gasteiger partial charge in [0.1, 0.15) is 0 Å². The van der Waals surface area contributed by atoms with Crippen LogP contribution in [0.3, 0.4) is 0 Å². The lowest BCUT2D eigenvalue weighted by molar-refractivity contribution is -0.0611. The van der Waals surface area contributed by atoms with E-state index in [1.165, 1.54) is 0 Å². The van der Waals surface area contributed by atoms with E-state index >= 15 is 0 Å². The first-order chi connectivity index (χ1) is 9.36. The largest absolute Gasteiger partial charge is 0.463 e. The van der Waals surface area contributed by atoms with Gasteiger partial charge in [-0.3, -0.25) is 0 Å². The van der Waals surface area contributed by atoms with Gasteiger partial charge in [0, 0.05) is 10.8 Å². The molecule has 100 valence electrons. The summed E-state index contributed by atoms with van der Waals surface area (Å²) in [4.78, 5) is 2.15. The van der Waals surface area contributed by atoms with Gasteiger partial charge >= 0.3 is 0 Å². The number of benzene rings is 1. The number of halogens is 1. The second kappa shape index (κ2) is 6.01. The van der Waals surface area contributed by atoms with Crippen LogP contribution in [0.4, 0.5) is 0 Å². The highest BCUT2D eigenvalue weighted by Gasteiger charge is 2.24. The summed E-state index contributed by atoms with van der Waals surface area (Å²) in [5.41, 5.74) is 1.11. The number of furan rings is 1. The molecule has 0 saturated carbocycles. The summed E-state index contributed by atoms with van der Waals surface area (Å²) in [5.74, 6) is 1.27. The predicted molar refractivity (Wildman–Crippen MR) is 73.5 cm³/mol. The van der Waals surface area contributed by atoms with Gasteiger partial charge in [-0.05, 0) is 23.8 Å². The molecule has 1 aromatic carbocycles. The minimum atomic E-state index is -0.375. The first-order valence-corrected chi connectivity index (χ1v) is 7.35. The van der Waals surface area contributed by atoms with E-state index < -0.39 is 0 Å². The van der Waals surface area contributed by atoms with Crippen molar-refractivity contribution in [2.45, 2.75) is 22.0 Å². The zero-order valence-corrected chi connectivity index (χ0v) is 11.7. The maximum absolute atomic E-state index is 5.78. The molecule has 2 heterocycles. The molecule has 1 fully saturated rings. The molecular formula is C14H13ClO3S. The van der Waals surface area contributed by atoms with Crippen LogP contribution in [0, 0.1) is 0 Å². The highest BCUT2D eigenvalue weighted by Crippen LogP contribution is 2.37. The van der Waals surface area contributed by atoms with Gasteiger partial charge in [-0.25, -0.2) is 0 Å². The lowest BCUT2D eigenvalue weighted by atomic mass is 10.2. The first-order valence-electron chi connectivity index (χ1n) is 6.00. The van der Waals surface area contributed by atoms with Gasteiger partial charge in [0.05, 0.1) is 24.4 Å². The molecule has 1 aromatic heterocycles. The molecule has 1 saturated heterocycles. The summed E-state index contributed by atoms with van der Waals surface area (Å²) < 4.78 is 16.4. The average molecular weight is 297 g/mol. The Kier molecular flexibility index (Phi) is 4.13. The van der Waals surface area contributed by atoms with Crippen LogP contribution in [0.2, 0.25) is 0 Å². The molecule has 5 heteroatoms. The quantitative estimate of drug-likeness (QED) is 0.791. The van der Waals surface area contributed by atoms with E-state index in [1.54, 1.807) is 18.0 Å². The van der Waals surface area contributed by atoms with Crippen LogP contribution in [-0.4, -0.2) is 13.2 Å². The normalized spacial score (nSPS) is 16.1. The number of hydrogen-bond donors (Lipinski definition) is 0. The highest BCUT2D eigenvalue weighted by molar-refractivity contribution is 7.99. The van der Waals surface area contributed by atoms with Crippen molar-refractivity contribution in [2.75, 3.05) is 13.2 Å². The second-order valence-corrected chi connectivity index (χ2v) is 5.48. The van der Waals surface area contributed by atoms with Crippen LogP contribution < -0.4 is 0 Å². The number of hydrogen-bond acceptors (Lipinski definition) is 4. The van der Waals surface area contributed by atoms with Gasteiger partial charge in [0.25, 0.3) is 0 Å². The first kappa shape index (κ1) is 13.1. The van der Waals surface area contributed by atoms with E-state index in [2.05, 4.69) is 12.1 Å². The summed E-state index contributed by atoms with van der Waals surface area (Å²) in [5, 5.41) is 0. The summed E-state index contributed by atoms with van der Waals surface area (Å²) in [6.07, 6.45) is 1.29. The van der Waals surface area contributed by atoms with E-state index in [9.17, 15) is 0 Å². The molecule has 0 aliphatic carbocycles. The Labute approximate surface area is 120 Å². The fourth-order valence-corrected chi connectivity index (χ4v) is 2.92. The second-order valence-electron chi connectivity index (χ2n) is 4.10. The lowest BCUT2D eigenvalue weighted by Crippen LogP contribution is -1.97. The van der Waals surface area contributed by atoms with Gasteiger partial charge in [-0.1, -0.05) is 23.9 Å². The van der Waals surface area contributed by atoms with Gasteiger partial charge in [0.15, 0.2) is 5.76 Å². The van der Waals surface area contributed by atoms with Crippen LogP contribution in [0.1, 0.15) is 17.6 Å². The number of ether oxygens (including phenoxy) is 2. The van der Waals surface area contributed by atoms with Gasteiger partial charge in [-0.2, -0.15) is 0 Å². The fraction of sp³-hybridized carbons (Fsp3) is 0.286. The summed E-state index contributed by atoms with van der Waals surface area (Å²) in [6, 6.07) is 10.1. The Hall–Kier alpha value is -0.940. The molecular weight excluding hydrogens is 284 g/mol. The van der Waals surface area contributed by atoms with Gasteiger partial charge in [0.2, 0.25) is 6.29 Å². The van der Waals surface area contributed by atoms with Crippen molar-refractivity contribution < 1.29 is 13.9 Å². The van der Waals surface area contributed by atoms with E-state index in [0.29, 0.717) is 19.1 Å². The zero-order valence-electron chi connectivity index (χ0n) is 10.2. The van der Waals surface area contributed by atoms with Gasteiger partial charge in [-0.15, -0.1) is 11.6 Å². The maximum atomic E-state index is 5.78. The molecule has 0 amide bonds. The standard InChI is InChI=1S/C14H13ClO3S/c15-9-10-1-3-11(4-2-10)19-12-5-6-16-13(12)14-17-7-8-18-14/h1-6,14H,7-9H2. The molecule has 0 spiro atoms. The van der Waals surface area contributed by atoms with Crippen LogP contribution in [0.15, 0.2) is 50.8 Å². The molecule has 0 radical (unpaired) electrons. The van der Waals surface area contributed by atoms with E-state index in [0.717, 1.165) is 21.1 Å². The third-order valence-corrected chi connectivity index (χ3v) is 4.17. The van der Waals surface area contributed by atoms with Crippen LogP contribution in [0.5, 0.6) is 0 Å². The summed E-state index contributed by atoms with van der Waals surface area (Å²) in [6.45, 7) is 1.22. The molecule has 3 rings (SSSR count). The van der Waals surface area contributed by atoms with E-state index in [-0.39, 0.29) is 6.29 Å². The Bertz CT molecular complexity index is 532. The number of rotatable bonds is 4. The van der Waals surface area contributed by atoms with Crippen molar-refractivity contribution in [3.05, 3.63) is 47.9 Å². The maximum Gasteiger partial charge on any atom is 0.218 e. The fourth-order valence-electron chi connectivity index (χ4n) is 1.85. The minimum Gasteiger partial charge on any atom is -0.463 e. The van der Waals surface area contributed by atoms with Crippen LogP contribution >= 0.6 is 23.4 Å². The molecule has 3 nitrogen and oxygen atoms in total. The smallest absolute Gasteiger partial charge is 0.218 e. The van der Waals surface area contributed by atoms with Crippen molar-refractivity contribution >= 4 is 23.4 Å². The third kappa shape index (κ3) is 2.98. The van der Waals surface area contributed by atoms with Crippen LogP contribution in [0.25, 0.3) is 0 Å². The third-order valence-electron chi connectivity index (χ3n) is 2.80. The zero-order chi connectivity index (χ0) is 13.1. The summed E-state index contributed by atoms with van der Waals surface area (Å²) >= 11 is 7.41. The van der Waals surface area contributed by atoms with Crippen molar-refractivity contribution in [3.63, 3.8) is 0 Å². The SMILES string of the molecule is ClCc1ccc(Sc2ccoc2C2OCCO2)cc1. The van der Waals surface area contributed by atoms with Crippen molar-refractivity contribution in [2.24, 2.45) is 0 Å². The lowest BCUT2D eigenvalue weighted by Gasteiger charge is -2.08. The Morgan fingerprint density at radius 3 is 2.53 bits per heavy atom. The van der Waals surface area contributed by atoms with Crippen molar-refractivity contribution in [1.29, 1.82) is 0 Å². The topological polar surface area (TPSA) is 31.6 Å². The van der Waals surface area contributed by atoms with Crippen LogP contribution in [-0.2, 0) is 15.4 Å². The molecule has 0 N–H and O–H groups in total. The molecule has 0 bridgehead atoms. The van der Waals surface area contributed by atoms with Gasteiger partial charge < -0.3 is 13.9 Å². The minimum absolute atomic E-state index is 0.375. The molecule has 1 aliphatic heterocycles. The molecule has 2 aromatic rings. The predicted octanol–water partition coefficient (Wildman–Crippen LogP) is 4.22. The molecule has 19 heavy (non-hydrogen) atoms. The molecule has 0 atom stereocenters. The monoisotopic (exact) mass is 296 g/mol. The Morgan fingerprint density at radius 2 is 1.84 bits per heavy atom. The molecule has 1 aliphatic rings. The van der Waals surface area contributed by atoms with E-state index in [4.69, 9.17) is 25.5 Å². The summed E-state index contributed by atoms with van der Waals surface area (Å²) in [7, 11) is 0. The van der Waals surface area contributed by atoms with Crippen molar-refractivity contribution in [1.82, 2.24) is 0 Å². The number of alkyl halides is 1. The highest BCUT2D eigenvalue weighted by atomic mass is 35.5. The Balaban J connectivity index is 1.77. The Morgan fingerprint density at radius 1 is 1.11 bits per heavy atom. The average Bonchev–Trinajstić information content (AvgIpc) is 3.10. The van der Waals surface area contributed by atoms with E-state index in [1.807, 2.05) is 18.2 Å².